The molecule has 1 saturated carbocycles. The first kappa shape index (κ1) is 18.1. The highest BCUT2D eigenvalue weighted by molar-refractivity contribution is 5.79. The first-order chi connectivity index (χ1) is 13.7. The second-order valence-corrected chi connectivity index (χ2v) is 8.82. The number of amides is 1. The summed E-state index contributed by atoms with van der Waals surface area (Å²) in [5.41, 5.74) is 2.17. The molecule has 150 valence electrons. The third kappa shape index (κ3) is 4.08. The Labute approximate surface area is 166 Å². The van der Waals surface area contributed by atoms with Crippen LogP contribution in [0.3, 0.4) is 0 Å². The lowest BCUT2D eigenvalue weighted by Crippen LogP contribution is -2.50. The van der Waals surface area contributed by atoms with Crippen LogP contribution in [0.15, 0.2) is 24.3 Å². The van der Waals surface area contributed by atoms with E-state index in [1.165, 1.54) is 25.7 Å². The Bertz CT molecular complexity index is 788. The number of hydrogen-bond donors (Lipinski definition) is 2. The number of para-hydroxylation sites is 2. The zero-order chi connectivity index (χ0) is 18.9. The number of nitrogens with one attached hydrogen (secondary N) is 2. The number of piperidine rings is 2. The number of fused-ring (bicyclic) bond motifs is 1. The van der Waals surface area contributed by atoms with Crippen LogP contribution in [0.25, 0.3) is 11.0 Å². The molecule has 3 fully saturated rings. The van der Waals surface area contributed by atoms with Gasteiger partial charge in [-0.25, -0.2) is 4.98 Å². The smallest absolute Gasteiger partial charge is 0.224 e. The van der Waals surface area contributed by atoms with Crippen molar-refractivity contribution in [1.82, 2.24) is 25.1 Å². The highest BCUT2D eigenvalue weighted by Crippen LogP contribution is 2.26. The van der Waals surface area contributed by atoms with Crippen molar-refractivity contribution in [3.05, 3.63) is 30.1 Å². The fourth-order valence-electron chi connectivity index (χ4n) is 4.83. The third-order valence-corrected chi connectivity index (χ3v) is 6.63. The maximum Gasteiger partial charge on any atom is 0.224 e. The van der Waals surface area contributed by atoms with Gasteiger partial charge in [-0.3, -0.25) is 14.6 Å². The fourth-order valence-corrected chi connectivity index (χ4v) is 4.83. The molecule has 6 nitrogen and oxygen atoms in total. The van der Waals surface area contributed by atoms with Gasteiger partial charge in [0.2, 0.25) is 5.91 Å². The molecule has 2 saturated heterocycles. The first-order valence-electron chi connectivity index (χ1n) is 10.9. The van der Waals surface area contributed by atoms with E-state index in [-0.39, 0.29) is 5.92 Å². The largest absolute Gasteiger partial charge is 0.353 e. The molecule has 0 spiro atoms. The summed E-state index contributed by atoms with van der Waals surface area (Å²) < 4.78 is 0. The number of benzene rings is 1. The molecule has 5 rings (SSSR count). The summed E-state index contributed by atoms with van der Waals surface area (Å²) in [7, 11) is 0. The number of H-pyrrole nitrogens is 1. The van der Waals surface area contributed by atoms with E-state index in [1.807, 2.05) is 12.1 Å². The molecule has 1 aromatic heterocycles. The Morgan fingerprint density at radius 1 is 1.11 bits per heavy atom. The highest BCUT2D eigenvalue weighted by Gasteiger charge is 2.33. The van der Waals surface area contributed by atoms with E-state index < -0.39 is 0 Å². The molecule has 3 heterocycles. The molecule has 2 aliphatic heterocycles. The minimum Gasteiger partial charge on any atom is -0.353 e. The predicted octanol–water partition coefficient (Wildman–Crippen LogP) is 2.52. The number of nitrogens with zero attached hydrogens (tertiary/aromatic N) is 3. The van der Waals surface area contributed by atoms with Crippen LogP contribution in [0.1, 0.15) is 44.3 Å². The number of carbonyl (C=O) groups is 1. The van der Waals surface area contributed by atoms with Gasteiger partial charge in [-0.2, -0.15) is 0 Å². The van der Waals surface area contributed by atoms with Crippen molar-refractivity contribution in [2.45, 2.75) is 57.2 Å². The molecular formula is C22H31N5O. The number of imidazole rings is 1. The van der Waals surface area contributed by atoms with Gasteiger partial charge in [0.1, 0.15) is 5.82 Å². The maximum atomic E-state index is 12.4. The molecule has 6 heteroatoms. The van der Waals surface area contributed by atoms with Crippen LogP contribution < -0.4 is 5.32 Å². The third-order valence-electron chi connectivity index (χ3n) is 6.63. The van der Waals surface area contributed by atoms with E-state index in [9.17, 15) is 4.79 Å². The fraction of sp³-hybridized carbons (Fsp3) is 0.636. The zero-order valence-corrected chi connectivity index (χ0v) is 16.6. The lowest BCUT2D eigenvalue weighted by molar-refractivity contribution is -0.127. The van der Waals surface area contributed by atoms with Crippen molar-refractivity contribution in [3.8, 4) is 0 Å². The maximum absolute atomic E-state index is 12.4. The Hall–Kier alpha value is -1.92. The summed E-state index contributed by atoms with van der Waals surface area (Å²) in [4.78, 5) is 25.7. The second-order valence-electron chi connectivity index (χ2n) is 8.82. The minimum absolute atomic E-state index is 0.197. The number of rotatable bonds is 5. The van der Waals surface area contributed by atoms with E-state index in [4.69, 9.17) is 4.98 Å². The molecule has 28 heavy (non-hydrogen) atoms. The van der Waals surface area contributed by atoms with Gasteiger partial charge in [0, 0.05) is 31.7 Å². The molecule has 0 bridgehead atoms. The number of aromatic nitrogens is 2. The average molecular weight is 382 g/mol. The van der Waals surface area contributed by atoms with Crippen molar-refractivity contribution in [2.24, 2.45) is 5.92 Å². The molecule has 2 N–H and O–H groups in total. The van der Waals surface area contributed by atoms with Gasteiger partial charge >= 0.3 is 0 Å². The van der Waals surface area contributed by atoms with Gasteiger partial charge in [-0.1, -0.05) is 12.1 Å². The van der Waals surface area contributed by atoms with E-state index in [0.29, 0.717) is 18.0 Å². The Morgan fingerprint density at radius 2 is 1.93 bits per heavy atom. The van der Waals surface area contributed by atoms with Crippen molar-refractivity contribution < 1.29 is 4.79 Å². The molecular weight excluding hydrogens is 350 g/mol. The molecule has 1 aliphatic carbocycles. The van der Waals surface area contributed by atoms with E-state index in [2.05, 4.69) is 32.2 Å². The van der Waals surface area contributed by atoms with Crippen molar-refractivity contribution >= 4 is 16.9 Å². The molecule has 1 aromatic carbocycles. The summed E-state index contributed by atoms with van der Waals surface area (Å²) in [6, 6.07) is 9.34. The van der Waals surface area contributed by atoms with Crippen LogP contribution in [0.4, 0.5) is 0 Å². The van der Waals surface area contributed by atoms with E-state index >= 15 is 0 Å². The number of aromatic amines is 1. The Kier molecular flexibility index (Phi) is 5.07. The lowest BCUT2D eigenvalue weighted by Gasteiger charge is -2.41. The summed E-state index contributed by atoms with van der Waals surface area (Å²) in [5, 5.41) is 3.21. The minimum atomic E-state index is 0.197. The van der Waals surface area contributed by atoms with Gasteiger partial charge in [0.15, 0.2) is 0 Å². The van der Waals surface area contributed by atoms with Crippen molar-refractivity contribution in [3.63, 3.8) is 0 Å². The molecule has 1 atom stereocenters. The standard InChI is InChI=1S/C22H31N5O/c28-22(23-17-7-8-17)16-4-3-11-27(14-16)18-9-12-26(13-10-18)15-21-24-19-5-1-2-6-20(19)25-21/h1-2,5-6,16-18H,3-4,7-15H2,(H,23,28)(H,24,25)/t16-/m1/s1. The van der Waals surface area contributed by atoms with Crippen LogP contribution in [0, 0.1) is 5.92 Å². The van der Waals surface area contributed by atoms with E-state index in [1.54, 1.807) is 0 Å². The summed E-state index contributed by atoms with van der Waals surface area (Å²) in [6.07, 6.45) is 6.94. The van der Waals surface area contributed by atoms with Crippen LogP contribution in [0.5, 0.6) is 0 Å². The number of carbonyl (C=O) groups excluding carboxylic acids is 1. The molecule has 3 aliphatic rings. The molecule has 0 radical (unpaired) electrons. The molecule has 0 unspecified atom stereocenters. The monoisotopic (exact) mass is 381 g/mol. The second kappa shape index (κ2) is 7.84. The number of hydrogen-bond acceptors (Lipinski definition) is 4. The predicted molar refractivity (Wildman–Crippen MR) is 110 cm³/mol. The quantitative estimate of drug-likeness (QED) is 0.835. The summed E-state index contributed by atoms with van der Waals surface area (Å²) >= 11 is 0. The van der Waals surface area contributed by atoms with Crippen LogP contribution in [0.2, 0.25) is 0 Å². The number of likely N-dealkylation sites (tertiary alicyclic amines) is 2. The van der Waals surface area contributed by atoms with Gasteiger partial charge in [-0.15, -0.1) is 0 Å². The SMILES string of the molecule is O=C(NC1CC1)[C@@H]1CCCN(C2CCN(Cc3nc4ccccc4[nH]3)CC2)C1. The van der Waals surface area contributed by atoms with Crippen molar-refractivity contribution in [2.75, 3.05) is 26.2 Å². The topological polar surface area (TPSA) is 64.3 Å². The van der Waals surface area contributed by atoms with Gasteiger partial charge in [0.05, 0.1) is 23.5 Å². The van der Waals surface area contributed by atoms with Gasteiger partial charge in [-0.05, 0) is 57.2 Å². The zero-order valence-electron chi connectivity index (χ0n) is 16.6. The van der Waals surface area contributed by atoms with Crippen LogP contribution in [-0.2, 0) is 11.3 Å². The average Bonchev–Trinajstić information content (AvgIpc) is 3.45. The van der Waals surface area contributed by atoms with Crippen LogP contribution in [-0.4, -0.2) is 63.9 Å². The Balaban J connectivity index is 1.12. The first-order valence-corrected chi connectivity index (χ1v) is 10.9. The lowest BCUT2D eigenvalue weighted by atomic mass is 9.93. The highest BCUT2D eigenvalue weighted by atomic mass is 16.2. The van der Waals surface area contributed by atoms with E-state index in [0.717, 1.165) is 62.4 Å². The van der Waals surface area contributed by atoms with Gasteiger partial charge < -0.3 is 10.3 Å². The summed E-state index contributed by atoms with van der Waals surface area (Å²) in [5.74, 6) is 1.56. The van der Waals surface area contributed by atoms with Crippen molar-refractivity contribution in [1.29, 1.82) is 0 Å². The van der Waals surface area contributed by atoms with Crippen LogP contribution >= 0.6 is 0 Å². The molecule has 2 aromatic rings. The van der Waals surface area contributed by atoms with Gasteiger partial charge in [0.25, 0.3) is 0 Å². The normalized spacial score (nSPS) is 25.2. The summed E-state index contributed by atoms with van der Waals surface area (Å²) in [6.45, 7) is 5.22. The Morgan fingerprint density at radius 3 is 2.71 bits per heavy atom. The molecule has 1 amide bonds.